The zero-order valence-electron chi connectivity index (χ0n) is 15.7. The van der Waals surface area contributed by atoms with Crippen molar-refractivity contribution in [3.63, 3.8) is 0 Å². The Hall–Kier alpha value is -1.02. The molecular weight excluding hydrogens is 270 g/mol. The number of allylic oxidation sites excluding steroid dienone is 4. The van der Waals surface area contributed by atoms with E-state index in [2.05, 4.69) is 52.3 Å². The van der Waals surface area contributed by atoms with Crippen molar-refractivity contribution < 1.29 is 4.74 Å². The van der Waals surface area contributed by atoms with Crippen LogP contribution < -0.4 is 0 Å². The molecule has 0 radical (unpaired) electrons. The molecule has 128 valence electrons. The van der Waals surface area contributed by atoms with E-state index >= 15 is 0 Å². The highest BCUT2D eigenvalue weighted by molar-refractivity contribution is 5.23. The first-order chi connectivity index (χ1) is 10.4. The molecule has 0 aliphatic heterocycles. The first kappa shape index (κ1) is 21.0. The van der Waals surface area contributed by atoms with Gasteiger partial charge in [0.1, 0.15) is 12.4 Å². The van der Waals surface area contributed by atoms with E-state index in [1.165, 1.54) is 19.3 Å². The Morgan fingerprint density at radius 3 is 2.32 bits per heavy atom. The fraction of sp³-hybridized carbons (Fsp3) is 0.700. The van der Waals surface area contributed by atoms with Gasteiger partial charge >= 0.3 is 0 Å². The zero-order valence-corrected chi connectivity index (χ0v) is 15.7. The van der Waals surface area contributed by atoms with Crippen molar-refractivity contribution in [2.24, 2.45) is 11.8 Å². The van der Waals surface area contributed by atoms with Crippen LogP contribution in [0.1, 0.15) is 53.9 Å². The fourth-order valence-corrected chi connectivity index (χ4v) is 1.97. The highest BCUT2D eigenvalue weighted by atomic mass is 16.5. The predicted octanol–water partition coefficient (Wildman–Crippen LogP) is 5.43. The molecule has 2 heteroatoms. The third-order valence-electron chi connectivity index (χ3n) is 3.80. The SMILES string of the molecule is C=C(/C=C\C(=C/C)OCCN(C)CCCCC(C)C)C(C)C. The highest BCUT2D eigenvalue weighted by Gasteiger charge is 2.01. The second-order valence-electron chi connectivity index (χ2n) is 6.80. The van der Waals surface area contributed by atoms with Gasteiger partial charge in [0.25, 0.3) is 0 Å². The van der Waals surface area contributed by atoms with Crippen molar-refractivity contribution in [3.8, 4) is 0 Å². The van der Waals surface area contributed by atoms with Crippen LogP contribution in [0.25, 0.3) is 0 Å². The summed E-state index contributed by atoms with van der Waals surface area (Å²) in [5.74, 6) is 2.22. The van der Waals surface area contributed by atoms with Crippen LogP contribution in [0.4, 0.5) is 0 Å². The number of likely N-dealkylation sites (N-methyl/N-ethyl adjacent to an activating group) is 1. The Morgan fingerprint density at radius 2 is 1.77 bits per heavy atom. The molecule has 0 atom stereocenters. The first-order valence-corrected chi connectivity index (χ1v) is 8.71. The molecule has 0 rings (SSSR count). The predicted molar refractivity (Wildman–Crippen MR) is 99.0 cm³/mol. The minimum atomic E-state index is 0.478. The Bertz CT molecular complexity index is 353. The van der Waals surface area contributed by atoms with E-state index in [1.54, 1.807) is 0 Å². The number of ether oxygens (including phenoxy) is 1. The molecule has 2 nitrogen and oxygen atoms in total. The molecular formula is C20H37NO. The molecule has 0 amide bonds. The maximum atomic E-state index is 5.83. The van der Waals surface area contributed by atoms with Crippen LogP contribution in [-0.4, -0.2) is 31.6 Å². The molecule has 0 heterocycles. The topological polar surface area (TPSA) is 12.5 Å². The normalized spacial score (nSPS) is 12.9. The van der Waals surface area contributed by atoms with Crippen molar-refractivity contribution >= 4 is 0 Å². The van der Waals surface area contributed by atoms with Crippen LogP contribution in [0.15, 0.2) is 36.1 Å². The molecule has 0 aromatic carbocycles. The molecule has 0 bridgehead atoms. The lowest BCUT2D eigenvalue weighted by atomic mass is 10.1. The van der Waals surface area contributed by atoms with E-state index in [1.807, 2.05) is 19.1 Å². The maximum absolute atomic E-state index is 5.83. The van der Waals surface area contributed by atoms with Crippen LogP contribution in [-0.2, 0) is 4.74 Å². The van der Waals surface area contributed by atoms with Crippen LogP contribution in [0, 0.1) is 11.8 Å². The van der Waals surface area contributed by atoms with Crippen molar-refractivity contribution in [2.75, 3.05) is 26.7 Å². The van der Waals surface area contributed by atoms with Gasteiger partial charge in [-0.1, -0.05) is 58.8 Å². The Kier molecular flexibility index (Phi) is 11.9. The maximum Gasteiger partial charge on any atom is 0.115 e. The lowest BCUT2D eigenvalue weighted by Crippen LogP contribution is -2.24. The van der Waals surface area contributed by atoms with E-state index in [4.69, 9.17) is 4.74 Å². The smallest absolute Gasteiger partial charge is 0.115 e. The quantitative estimate of drug-likeness (QED) is 0.271. The van der Waals surface area contributed by atoms with Gasteiger partial charge in [0, 0.05) is 6.54 Å². The molecule has 0 saturated carbocycles. The van der Waals surface area contributed by atoms with Crippen molar-refractivity contribution in [2.45, 2.75) is 53.9 Å². The summed E-state index contributed by atoms with van der Waals surface area (Å²) in [5, 5.41) is 0. The van der Waals surface area contributed by atoms with Gasteiger partial charge in [-0.05, 0) is 50.9 Å². The van der Waals surface area contributed by atoms with Crippen LogP contribution in [0.2, 0.25) is 0 Å². The van der Waals surface area contributed by atoms with Crippen LogP contribution in [0.5, 0.6) is 0 Å². The lowest BCUT2D eigenvalue weighted by molar-refractivity contribution is 0.178. The van der Waals surface area contributed by atoms with E-state index in [0.29, 0.717) is 5.92 Å². The molecule has 0 aliphatic rings. The van der Waals surface area contributed by atoms with Gasteiger partial charge in [0.05, 0.1) is 0 Å². The second-order valence-corrected chi connectivity index (χ2v) is 6.80. The van der Waals surface area contributed by atoms with Gasteiger partial charge in [-0.3, -0.25) is 0 Å². The number of rotatable bonds is 12. The van der Waals surface area contributed by atoms with Gasteiger partial charge in [-0.25, -0.2) is 0 Å². The summed E-state index contributed by atoms with van der Waals surface area (Å²) < 4.78 is 5.83. The number of nitrogens with zero attached hydrogens (tertiary/aromatic N) is 1. The van der Waals surface area contributed by atoms with E-state index in [9.17, 15) is 0 Å². The van der Waals surface area contributed by atoms with Crippen molar-refractivity contribution in [1.29, 1.82) is 0 Å². The lowest BCUT2D eigenvalue weighted by Gasteiger charge is -2.17. The monoisotopic (exact) mass is 307 g/mol. The number of hydrogen-bond acceptors (Lipinski definition) is 2. The highest BCUT2D eigenvalue weighted by Crippen LogP contribution is 2.10. The summed E-state index contributed by atoms with van der Waals surface area (Å²) in [6.07, 6.45) is 10.0. The summed E-state index contributed by atoms with van der Waals surface area (Å²) in [4.78, 5) is 2.35. The largest absolute Gasteiger partial charge is 0.493 e. The molecule has 0 aromatic rings. The van der Waals surface area contributed by atoms with Crippen molar-refractivity contribution in [3.05, 3.63) is 36.1 Å². The third kappa shape index (κ3) is 11.6. The summed E-state index contributed by atoms with van der Waals surface area (Å²) in [7, 11) is 2.17. The van der Waals surface area contributed by atoms with Gasteiger partial charge in [0.2, 0.25) is 0 Å². The van der Waals surface area contributed by atoms with Gasteiger partial charge in [0.15, 0.2) is 0 Å². The van der Waals surface area contributed by atoms with E-state index in [-0.39, 0.29) is 0 Å². The van der Waals surface area contributed by atoms with Gasteiger partial charge in [-0.2, -0.15) is 0 Å². The standard InChI is InChI=1S/C20H37NO/c1-8-20(13-12-19(6)18(4)5)22-16-15-21(7)14-10-9-11-17(2)3/h8,12-13,17-18H,6,9-11,14-16H2,1-5,7H3/b13-12-,20-8+. The van der Waals surface area contributed by atoms with Crippen LogP contribution in [0.3, 0.4) is 0 Å². The van der Waals surface area contributed by atoms with Gasteiger partial charge < -0.3 is 9.64 Å². The molecule has 0 aliphatic carbocycles. The first-order valence-electron chi connectivity index (χ1n) is 8.71. The Morgan fingerprint density at radius 1 is 1.09 bits per heavy atom. The molecule has 0 N–H and O–H groups in total. The van der Waals surface area contributed by atoms with E-state index in [0.717, 1.165) is 36.9 Å². The number of unbranched alkanes of at least 4 members (excludes halogenated alkanes) is 1. The minimum Gasteiger partial charge on any atom is -0.493 e. The summed E-state index contributed by atoms with van der Waals surface area (Å²) in [6.45, 7) is 17.8. The summed E-state index contributed by atoms with van der Waals surface area (Å²) >= 11 is 0. The van der Waals surface area contributed by atoms with Crippen LogP contribution >= 0.6 is 0 Å². The second kappa shape index (κ2) is 12.5. The molecule has 0 unspecified atom stereocenters. The molecule has 0 fully saturated rings. The molecule has 0 spiro atoms. The molecule has 0 aromatic heterocycles. The molecule has 22 heavy (non-hydrogen) atoms. The third-order valence-corrected chi connectivity index (χ3v) is 3.80. The van der Waals surface area contributed by atoms with Crippen molar-refractivity contribution in [1.82, 2.24) is 4.90 Å². The van der Waals surface area contributed by atoms with E-state index < -0.39 is 0 Å². The average molecular weight is 308 g/mol. The summed E-state index contributed by atoms with van der Waals surface area (Å²) in [5.41, 5.74) is 1.13. The fourth-order valence-electron chi connectivity index (χ4n) is 1.97. The Balaban J connectivity index is 3.89. The summed E-state index contributed by atoms with van der Waals surface area (Å²) in [6, 6.07) is 0. The average Bonchev–Trinajstić information content (AvgIpc) is 2.46. The number of hydrogen-bond donors (Lipinski definition) is 0. The zero-order chi connectivity index (χ0) is 17.0. The Labute approximate surface area is 138 Å². The van der Waals surface area contributed by atoms with Gasteiger partial charge in [-0.15, -0.1) is 0 Å². The minimum absolute atomic E-state index is 0.478. The molecule has 0 saturated heterocycles.